The van der Waals surface area contributed by atoms with E-state index in [9.17, 15) is 9.90 Å². The number of rotatable bonds is 3. The van der Waals surface area contributed by atoms with Crippen molar-refractivity contribution >= 4 is 5.78 Å². The number of ether oxygens (including phenoxy) is 1. The molecule has 0 radical (unpaired) electrons. The average Bonchev–Trinajstić information content (AvgIpc) is 2.19. The normalized spacial score (nSPS) is 32.0. The van der Waals surface area contributed by atoms with Gasteiger partial charge in [-0.05, 0) is 33.1 Å². The molecule has 1 saturated heterocycles. The molecule has 0 aromatic heterocycles. The fourth-order valence-corrected chi connectivity index (χ4v) is 1.87. The van der Waals surface area contributed by atoms with E-state index in [4.69, 9.17) is 4.74 Å². The first-order valence-electron chi connectivity index (χ1n) is 4.77. The number of aliphatic hydroxyl groups excluding tert-OH is 1. The summed E-state index contributed by atoms with van der Waals surface area (Å²) in [5.74, 6) is 0.503. The lowest BCUT2D eigenvalue weighted by molar-refractivity contribution is -0.128. The number of carbonyl (C=O) groups is 1. The maximum Gasteiger partial charge on any atom is 0.155 e. The van der Waals surface area contributed by atoms with E-state index in [0.29, 0.717) is 18.8 Å². The first kappa shape index (κ1) is 10.7. The van der Waals surface area contributed by atoms with Crippen LogP contribution in [-0.2, 0) is 9.53 Å². The lowest BCUT2D eigenvalue weighted by Crippen LogP contribution is -2.28. The topological polar surface area (TPSA) is 46.5 Å². The van der Waals surface area contributed by atoms with Crippen LogP contribution in [0.1, 0.15) is 40.0 Å². The Bertz CT molecular complexity index is 198. The minimum absolute atomic E-state index is 0.206. The number of hydrogen-bond acceptors (Lipinski definition) is 3. The molecule has 1 aliphatic heterocycles. The molecule has 0 amide bonds. The molecule has 76 valence electrons. The van der Waals surface area contributed by atoms with Gasteiger partial charge in [-0.3, -0.25) is 0 Å². The quantitative estimate of drug-likeness (QED) is 0.726. The highest BCUT2D eigenvalue weighted by molar-refractivity contribution is 5.75. The molecule has 1 fully saturated rings. The maximum atomic E-state index is 10.8. The van der Waals surface area contributed by atoms with Crippen LogP contribution in [0.15, 0.2) is 0 Å². The van der Waals surface area contributed by atoms with Crippen LogP contribution in [0.3, 0.4) is 0 Å². The van der Waals surface area contributed by atoms with Crippen molar-refractivity contribution in [1.29, 1.82) is 0 Å². The van der Waals surface area contributed by atoms with Crippen LogP contribution >= 0.6 is 0 Å². The van der Waals surface area contributed by atoms with Gasteiger partial charge in [0.1, 0.15) is 5.78 Å². The molecule has 0 aromatic carbocycles. The Kier molecular flexibility index (Phi) is 3.09. The van der Waals surface area contributed by atoms with Gasteiger partial charge in [0.15, 0.2) is 6.29 Å². The number of ketones is 1. The summed E-state index contributed by atoms with van der Waals surface area (Å²) in [6.45, 7) is 5.53. The Morgan fingerprint density at radius 1 is 1.62 bits per heavy atom. The van der Waals surface area contributed by atoms with Gasteiger partial charge in [0.2, 0.25) is 0 Å². The van der Waals surface area contributed by atoms with Gasteiger partial charge >= 0.3 is 0 Å². The molecule has 1 heterocycles. The number of Topliss-reactive ketones (excluding diaryl/α,β-unsaturated/α-hetero) is 1. The van der Waals surface area contributed by atoms with Crippen LogP contribution in [0, 0.1) is 5.92 Å². The zero-order valence-electron chi connectivity index (χ0n) is 8.54. The first-order valence-corrected chi connectivity index (χ1v) is 4.77. The minimum Gasteiger partial charge on any atom is -0.368 e. The first-order chi connectivity index (χ1) is 5.92. The zero-order chi connectivity index (χ0) is 10.1. The Morgan fingerprint density at radius 2 is 2.23 bits per heavy atom. The second kappa shape index (κ2) is 3.76. The Morgan fingerprint density at radius 3 is 2.62 bits per heavy atom. The molecule has 1 aliphatic rings. The summed E-state index contributed by atoms with van der Waals surface area (Å²) >= 11 is 0. The predicted octanol–water partition coefficient (Wildman–Crippen LogP) is 1.49. The van der Waals surface area contributed by atoms with Gasteiger partial charge < -0.3 is 14.6 Å². The smallest absolute Gasteiger partial charge is 0.155 e. The Labute approximate surface area is 79.1 Å². The molecule has 13 heavy (non-hydrogen) atoms. The fourth-order valence-electron chi connectivity index (χ4n) is 1.87. The van der Waals surface area contributed by atoms with E-state index in [0.717, 1.165) is 6.42 Å². The summed E-state index contributed by atoms with van der Waals surface area (Å²) in [4.78, 5) is 10.8. The fraction of sp³-hybridized carbons (Fsp3) is 0.900. The van der Waals surface area contributed by atoms with Gasteiger partial charge in [0.25, 0.3) is 0 Å². The van der Waals surface area contributed by atoms with Crippen molar-refractivity contribution in [3.63, 3.8) is 0 Å². The largest absolute Gasteiger partial charge is 0.368 e. The van der Waals surface area contributed by atoms with Crippen LogP contribution in [0.4, 0.5) is 0 Å². The van der Waals surface area contributed by atoms with Crippen LogP contribution in [0.2, 0.25) is 0 Å². The minimum atomic E-state index is -0.646. The second-order valence-corrected chi connectivity index (χ2v) is 4.35. The zero-order valence-corrected chi connectivity index (χ0v) is 8.54. The van der Waals surface area contributed by atoms with Crippen LogP contribution in [0.25, 0.3) is 0 Å². The molecule has 3 heteroatoms. The summed E-state index contributed by atoms with van der Waals surface area (Å²) in [6, 6.07) is 0. The lowest BCUT2D eigenvalue weighted by atomic mass is 9.86. The molecule has 2 atom stereocenters. The summed E-state index contributed by atoms with van der Waals surface area (Å²) in [5.41, 5.74) is -0.283. The molecule has 0 bridgehead atoms. The number of aliphatic hydroxyl groups is 1. The van der Waals surface area contributed by atoms with Gasteiger partial charge in [-0.2, -0.15) is 0 Å². The van der Waals surface area contributed by atoms with Crippen molar-refractivity contribution in [2.24, 2.45) is 5.92 Å². The summed E-state index contributed by atoms with van der Waals surface area (Å²) in [5, 5.41) is 9.29. The van der Waals surface area contributed by atoms with Crippen molar-refractivity contribution in [2.45, 2.75) is 51.9 Å². The Balaban J connectivity index is 2.45. The van der Waals surface area contributed by atoms with Crippen molar-refractivity contribution in [3.05, 3.63) is 0 Å². The average molecular weight is 186 g/mol. The van der Waals surface area contributed by atoms with E-state index in [-0.39, 0.29) is 11.4 Å². The van der Waals surface area contributed by atoms with Crippen LogP contribution in [-0.4, -0.2) is 22.8 Å². The van der Waals surface area contributed by atoms with Crippen LogP contribution in [0.5, 0.6) is 0 Å². The third kappa shape index (κ3) is 2.78. The summed E-state index contributed by atoms with van der Waals surface area (Å²) in [6.07, 6.45) is 1.41. The second-order valence-electron chi connectivity index (χ2n) is 4.35. The monoisotopic (exact) mass is 186 g/mol. The molecule has 1 unspecified atom stereocenters. The van der Waals surface area contributed by atoms with E-state index < -0.39 is 6.29 Å². The van der Waals surface area contributed by atoms with Gasteiger partial charge in [-0.15, -0.1) is 0 Å². The molecule has 0 saturated carbocycles. The van der Waals surface area contributed by atoms with E-state index in [2.05, 4.69) is 0 Å². The van der Waals surface area contributed by atoms with E-state index in [1.807, 2.05) is 13.8 Å². The molecule has 0 aromatic rings. The lowest BCUT2D eigenvalue weighted by Gasteiger charge is -2.24. The van der Waals surface area contributed by atoms with Crippen molar-refractivity contribution in [2.75, 3.05) is 0 Å². The highest BCUT2D eigenvalue weighted by atomic mass is 16.6. The third-order valence-corrected chi connectivity index (χ3v) is 2.75. The molecule has 1 N–H and O–H groups in total. The molecular formula is C10H18O3. The maximum absolute atomic E-state index is 10.8. The van der Waals surface area contributed by atoms with Gasteiger partial charge in [-0.1, -0.05) is 0 Å². The molecule has 0 aliphatic carbocycles. The van der Waals surface area contributed by atoms with Gasteiger partial charge in [-0.25, -0.2) is 0 Å². The summed E-state index contributed by atoms with van der Waals surface area (Å²) in [7, 11) is 0. The van der Waals surface area contributed by atoms with Crippen molar-refractivity contribution in [1.82, 2.24) is 0 Å². The van der Waals surface area contributed by atoms with E-state index in [1.54, 1.807) is 6.92 Å². The van der Waals surface area contributed by atoms with Crippen molar-refractivity contribution < 1.29 is 14.6 Å². The molecule has 3 nitrogen and oxygen atoms in total. The number of carbonyl (C=O) groups excluding carboxylic acids is 1. The molecule has 0 spiro atoms. The molecule has 1 rings (SSSR count). The number of hydrogen-bond donors (Lipinski definition) is 1. The van der Waals surface area contributed by atoms with E-state index >= 15 is 0 Å². The van der Waals surface area contributed by atoms with E-state index in [1.165, 1.54) is 0 Å². The van der Waals surface area contributed by atoms with Gasteiger partial charge in [0, 0.05) is 12.8 Å². The highest BCUT2D eigenvalue weighted by Gasteiger charge is 2.40. The van der Waals surface area contributed by atoms with Crippen molar-refractivity contribution in [3.8, 4) is 0 Å². The van der Waals surface area contributed by atoms with Gasteiger partial charge in [0.05, 0.1) is 5.60 Å². The van der Waals surface area contributed by atoms with Crippen LogP contribution < -0.4 is 0 Å². The Hall–Kier alpha value is -0.410. The standard InChI is InChI=1S/C10H18O3/c1-7(11)4-5-8-6-9(12)13-10(8,2)3/h8-9,12H,4-6H2,1-3H3/t8-,9?/m1/s1. The predicted molar refractivity (Wildman–Crippen MR) is 49.2 cm³/mol. The molecular weight excluding hydrogens is 168 g/mol. The summed E-state index contributed by atoms with van der Waals surface area (Å²) < 4.78 is 5.34. The SMILES string of the molecule is CC(=O)CC[C@@H]1CC(O)OC1(C)C. The third-order valence-electron chi connectivity index (χ3n) is 2.75. The highest BCUT2D eigenvalue weighted by Crippen LogP contribution is 2.37.